The van der Waals surface area contributed by atoms with Crippen molar-refractivity contribution < 1.29 is 14.3 Å². The van der Waals surface area contributed by atoms with Crippen molar-refractivity contribution in [3.05, 3.63) is 36.0 Å². The fraction of sp³-hybridized carbons (Fsp3) is 0.471. The van der Waals surface area contributed by atoms with E-state index < -0.39 is 0 Å². The molecule has 1 fully saturated rings. The summed E-state index contributed by atoms with van der Waals surface area (Å²) in [5, 5.41) is 1.12. The highest BCUT2D eigenvalue weighted by atomic mass is 16.5. The van der Waals surface area contributed by atoms with E-state index in [9.17, 15) is 4.79 Å². The molecule has 1 unspecified atom stereocenters. The van der Waals surface area contributed by atoms with Gasteiger partial charge in [0.2, 0.25) is 5.91 Å². The van der Waals surface area contributed by atoms with Gasteiger partial charge in [-0.1, -0.05) is 18.2 Å². The number of hydrogen-bond acceptors (Lipinski definition) is 3. The minimum Gasteiger partial charge on any atom is -0.385 e. The predicted octanol–water partition coefficient (Wildman–Crippen LogP) is 1.97. The molecular weight excluding hydrogens is 280 g/mol. The number of methoxy groups -OCH3 is 1. The Morgan fingerprint density at radius 3 is 3.18 bits per heavy atom. The molecule has 1 atom stereocenters. The number of rotatable bonds is 5. The number of morpholine rings is 1. The first-order valence-electron chi connectivity index (χ1n) is 7.70. The van der Waals surface area contributed by atoms with Crippen LogP contribution in [0.25, 0.3) is 10.9 Å². The lowest BCUT2D eigenvalue weighted by atomic mass is 10.1. The van der Waals surface area contributed by atoms with Crippen LogP contribution in [0.3, 0.4) is 0 Å². The van der Waals surface area contributed by atoms with Gasteiger partial charge in [0.05, 0.1) is 25.7 Å². The molecule has 1 aliphatic heterocycles. The maximum absolute atomic E-state index is 12.7. The summed E-state index contributed by atoms with van der Waals surface area (Å²) in [6, 6.07) is 8.19. The van der Waals surface area contributed by atoms with Crippen LogP contribution in [-0.2, 0) is 20.7 Å². The van der Waals surface area contributed by atoms with E-state index in [0.29, 0.717) is 32.8 Å². The van der Waals surface area contributed by atoms with E-state index in [1.165, 1.54) is 0 Å². The molecule has 2 aromatic rings. The molecule has 118 valence electrons. The second-order valence-electron chi connectivity index (χ2n) is 5.63. The van der Waals surface area contributed by atoms with Crippen molar-refractivity contribution in [1.82, 2.24) is 9.88 Å². The molecule has 0 aliphatic carbocycles. The molecule has 3 rings (SSSR count). The Kier molecular flexibility index (Phi) is 4.75. The fourth-order valence-electron chi connectivity index (χ4n) is 3.02. The Morgan fingerprint density at radius 1 is 1.45 bits per heavy atom. The van der Waals surface area contributed by atoms with Crippen molar-refractivity contribution in [2.75, 3.05) is 33.5 Å². The van der Waals surface area contributed by atoms with E-state index in [4.69, 9.17) is 9.47 Å². The van der Waals surface area contributed by atoms with Crippen LogP contribution in [0.15, 0.2) is 30.5 Å². The predicted molar refractivity (Wildman–Crippen MR) is 84.8 cm³/mol. The summed E-state index contributed by atoms with van der Waals surface area (Å²) in [6.07, 6.45) is 3.18. The second-order valence-corrected chi connectivity index (χ2v) is 5.63. The average molecular weight is 302 g/mol. The van der Waals surface area contributed by atoms with Crippen LogP contribution < -0.4 is 0 Å². The molecule has 5 nitrogen and oxygen atoms in total. The number of nitrogens with zero attached hydrogens (tertiary/aromatic N) is 1. The van der Waals surface area contributed by atoms with E-state index in [-0.39, 0.29) is 11.9 Å². The van der Waals surface area contributed by atoms with Gasteiger partial charge in [0.25, 0.3) is 0 Å². The number of ether oxygens (including phenoxy) is 2. The Bertz CT molecular complexity index is 638. The van der Waals surface area contributed by atoms with Crippen LogP contribution >= 0.6 is 0 Å². The van der Waals surface area contributed by atoms with Crippen molar-refractivity contribution in [3.8, 4) is 0 Å². The molecule has 22 heavy (non-hydrogen) atoms. The lowest BCUT2D eigenvalue weighted by Gasteiger charge is -2.35. The van der Waals surface area contributed by atoms with Crippen LogP contribution in [0.5, 0.6) is 0 Å². The normalized spacial score (nSPS) is 18.8. The van der Waals surface area contributed by atoms with Gasteiger partial charge in [-0.25, -0.2) is 0 Å². The van der Waals surface area contributed by atoms with Crippen LogP contribution in [0.2, 0.25) is 0 Å². The second kappa shape index (κ2) is 6.94. The molecule has 1 amide bonds. The summed E-state index contributed by atoms with van der Waals surface area (Å²) in [5.41, 5.74) is 2.13. The maximum Gasteiger partial charge on any atom is 0.227 e. The van der Waals surface area contributed by atoms with Crippen molar-refractivity contribution in [3.63, 3.8) is 0 Å². The number of amides is 1. The summed E-state index contributed by atoms with van der Waals surface area (Å²) in [7, 11) is 1.68. The van der Waals surface area contributed by atoms with E-state index in [1.807, 2.05) is 29.3 Å². The summed E-state index contributed by atoms with van der Waals surface area (Å²) >= 11 is 0. The van der Waals surface area contributed by atoms with Gasteiger partial charge >= 0.3 is 0 Å². The van der Waals surface area contributed by atoms with E-state index in [2.05, 4.69) is 11.1 Å². The summed E-state index contributed by atoms with van der Waals surface area (Å²) in [4.78, 5) is 17.9. The van der Waals surface area contributed by atoms with E-state index >= 15 is 0 Å². The molecular formula is C17H22N2O3. The number of nitrogens with one attached hydrogen (secondary N) is 1. The molecule has 2 heterocycles. The highest BCUT2D eigenvalue weighted by Gasteiger charge is 2.27. The quantitative estimate of drug-likeness (QED) is 0.919. The van der Waals surface area contributed by atoms with Crippen LogP contribution in [0.1, 0.15) is 12.0 Å². The molecule has 1 aromatic carbocycles. The van der Waals surface area contributed by atoms with Crippen molar-refractivity contribution in [1.29, 1.82) is 0 Å². The maximum atomic E-state index is 12.7. The molecule has 1 saturated heterocycles. The van der Waals surface area contributed by atoms with Crippen LogP contribution in [-0.4, -0.2) is 55.3 Å². The van der Waals surface area contributed by atoms with Crippen LogP contribution in [0, 0.1) is 0 Å². The molecule has 5 heteroatoms. The number of benzene rings is 1. The molecule has 0 spiro atoms. The third-order valence-electron chi connectivity index (χ3n) is 4.22. The molecule has 0 bridgehead atoms. The summed E-state index contributed by atoms with van der Waals surface area (Å²) < 4.78 is 10.6. The first-order valence-corrected chi connectivity index (χ1v) is 7.70. The Hall–Kier alpha value is -1.85. The van der Waals surface area contributed by atoms with E-state index in [0.717, 1.165) is 22.9 Å². The summed E-state index contributed by atoms with van der Waals surface area (Å²) in [6.45, 7) is 2.52. The van der Waals surface area contributed by atoms with Crippen LogP contribution in [0.4, 0.5) is 0 Å². The van der Waals surface area contributed by atoms with Gasteiger partial charge in [-0.05, 0) is 18.1 Å². The molecule has 0 saturated carbocycles. The Labute approximate surface area is 130 Å². The van der Waals surface area contributed by atoms with E-state index in [1.54, 1.807) is 7.11 Å². The Morgan fingerprint density at radius 2 is 2.32 bits per heavy atom. The molecule has 1 N–H and O–H groups in total. The van der Waals surface area contributed by atoms with Gasteiger partial charge in [-0.15, -0.1) is 0 Å². The fourth-order valence-corrected chi connectivity index (χ4v) is 3.02. The topological polar surface area (TPSA) is 54.6 Å². The van der Waals surface area contributed by atoms with Gasteiger partial charge in [0.1, 0.15) is 0 Å². The number of H-pyrrole nitrogens is 1. The van der Waals surface area contributed by atoms with Gasteiger partial charge < -0.3 is 19.4 Å². The number of para-hydroxylation sites is 1. The lowest BCUT2D eigenvalue weighted by Crippen LogP contribution is -2.49. The third-order valence-corrected chi connectivity index (χ3v) is 4.22. The van der Waals surface area contributed by atoms with Crippen molar-refractivity contribution in [2.45, 2.75) is 18.9 Å². The minimum absolute atomic E-state index is 0.117. The van der Waals surface area contributed by atoms with Gasteiger partial charge in [0.15, 0.2) is 0 Å². The number of hydrogen-bond donors (Lipinski definition) is 1. The highest BCUT2D eigenvalue weighted by molar-refractivity contribution is 5.89. The highest BCUT2D eigenvalue weighted by Crippen LogP contribution is 2.20. The lowest BCUT2D eigenvalue weighted by molar-refractivity contribution is -0.139. The smallest absolute Gasteiger partial charge is 0.227 e. The zero-order valence-electron chi connectivity index (χ0n) is 12.9. The number of aromatic amines is 1. The summed E-state index contributed by atoms with van der Waals surface area (Å²) in [5.74, 6) is 0.161. The monoisotopic (exact) mass is 302 g/mol. The first kappa shape index (κ1) is 15.1. The number of carbonyl (C=O) groups is 1. The van der Waals surface area contributed by atoms with Crippen molar-refractivity contribution in [2.24, 2.45) is 0 Å². The first-order chi connectivity index (χ1) is 10.8. The number of carbonyl (C=O) groups excluding carboxylic acids is 1. The zero-order valence-corrected chi connectivity index (χ0v) is 12.9. The number of fused-ring (bicyclic) bond motifs is 1. The van der Waals surface area contributed by atoms with Gasteiger partial charge in [0, 0.05) is 37.4 Å². The largest absolute Gasteiger partial charge is 0.385 e. The Balaban J connectivity index is 1.72. The van der Waals surface area contributed by atoms with Crippen molar-refractivity contribution >= 4 is 16.8 Å². The minimum atomic E-state index is 0.117. The molecule has 0 radical (unpaired) electrons. The average Bonchev–Trinajstić information content (AvgIpc) is 2.96. The zero-order chi connectivity index (χ0) is 15.4. The SMILES string of the molecule is COCCC1COCCN1C(=O)Cc1c[nH]c2ccccc12. The van der Waals surface area contributed by atoms with Gasteiger partial charge in [-0.3, -0.25) is 4.79 Å². The standard InChI is InChI=1S/C17H22N2O3/c1-21-8-6-14-12-22-9-7-19(14)17(20)10-13-11-18-16-5-3-2-4-15(13)16/h2-5,11,14,18H,6-10,12H2,1H3. The molecule has 1 aromatic heterocycles. The number of aromatic nitrogens is 1. The van der Waals surface area contributed by atoms with Gasteiger partial charge in [-0.2, -0.15) is 0 Å². The third kappa shape index (κ3) is 3.15. The molecule has 1 aliphatic rings.